The monoisotopic (exact) mass is 284 g/mol. The van der Waals surface area contributed by atoms with Crippen LogP contribution in [0.25, 0.3) is 10.8 Å². The molecule has 2 aliphatic heterocycles. The molecular weight excluding hydrogens is 268 g/mol. The third kappa shape index (κ3) is 1.48. The highest BCUT2D eigenvalue weighted by atomic mass is 32.1. The minimum atomic E-state index is -0.359. The molecular formula is C16H16N2OS. The summed E-state index contributed by atoms with van der Waals surface area (Å²) in [6.45, 7) is 2.10. The van der Waals surface area contributed by atoms with Gasteiger partial charge in [0.25, 0.3) is 0 Å². The molecule has 0 radical (unpaired) electrons. The van der Waals surface area contributed by atoms with Gasteiger partial charge in [-0.05, 0) is 36.0 Å². The minimum absolute atomic E-state index is 0.221. The zero-order chi connectivity index (χ0) is 13.9. The first-order chi connectivity index (χ1) is 9.58. The largest absolute Gasteiger partial charge is 0.468 e. The van der Waals surface area contributed by atoms with E-state index in [1.54, 1.807) is 0 Å². The van der Waals surface area contributed by atoms with Gasteiger partial charge >= 0.3 is 0 Å². The van der Waals surface area contributed by atoms with Crippen molar-refractivity contribution in [2.75, 3.05) is 7.05 Å². The van der Waals surface area contributed by atoms with Crippen molar-refractivity contribution in [2.24, 2.45) is 0 Å². The number of nitrogens with zero attached hydrogens (tertiary/aromatic N) is 1. The molecule has 2 aliphatic rings. The first kappa shape index (κ1) is 12.0. The summed E-state index contributed by atoms with van der Waals surface area (Å²) in [7, 11) is 1.98. The molecule has 2 aromatic rings. The Kier molecular flexibility index (Phi) is 2.31. The van der Waals surface area contributed by atoms with Crippen molar-refractivity contribution in [1.82, 2.24) is 10.2 Å². The first-order valence-electron chi connectivity index (χ1n) is 6.83. The van der Waals surface area contributed by atoms with Crippen molar-refractivity contribution in [1.29, 1.82) is 0 Å². The topological polar surface area (TPSA) is 24.5 Å². The van der Waals surface area contributed by atoms with Gasteiger partial charge in [0, 0.05) is 19.0 Å². The van der Waals surface area contributed by atoms with Crippen LogP contribution >= 0.6 is 12.2 Å². The Morgan fingerprint density at radius 1 is 1.30 bits per heavy atom. The molecule has 2 unspecified atom stereocenters. The second kappa shape index (κ2) is 3.85. The van der Waals surface area contributed by atoms with Crippen LogP contribution in [0.1, 0.15) is 24.9 Å². The number of thiocarbonyl (C=S) groups is 1. The summed E-state index contributed by atoms with van der Waals surface area (Å²) >= 11 is 5.44. The zero-order valence-corrected chi connectivity index (χ0v) is 12.3. The fraction of sp³-hybridized carbons (Fsp3) is 0.312. The normalized spacial score (nSPS) is 27.8. The Hall–Kier alpha value is -1.81. The summed E-state index contributed by atoms with van der Waals surface area (Å²) < 4.78 is 6.28. The molecule has 2 bridgehead atoms. The fourth-order valence-electron chi connectivity index (χ4n) is 3.27. The highest BCUT2D eigenvalue weighted by Gasteiger charge is 2.46. The van der Waals surface area contributed by atoms with Crippen molar-refractivity contribution in [3.05, 3.63) is 42.0 Å². The standard InChI is InChI=1S/C16H16N2OS/c1-16-9-12(17-15(20)18(16)2)14-11-6-4-3-5-10(11)7-8-13(14)19-16/h3-8,12H,9H2,1-2H3,(H,17,20). The molecule has 1 N–H and O–H groups in total. The van der Waals surface area contributed by atoms with E-state index in [4.69, 9.17) is 17.0 Å². The summed E-state index contributed by atoms with van der Waals surface area (Å²) in [4.78, 5) is 2.01. The van der Waals surface area contributed by atoms with Crippen molar-refractivity contribution >= 4 is 28.1 Å². The van der Waals surface area contributed by atoms with Gasteiger partial charge in [-0.1, -0.05) is 30.3 Å². The summed E-state index contributed by atoms with van der Waals surface area (Å²) in [6, 6.07) is 12.8. The van der Waals surface area contributed by atoms with Crippen LogP contribution in [0.5, 0.6) is 5.75 Å². The Morgan fingerprint density at radius 2 is 2.10 bits per heavy atom. The Balaban J connectivity index is 1.97. The molecule has 2 heterocycles. The molecule has 0 aliphatic carbocycles. The highest BCUT2D eigenvalue weighted by molar-refractivity contribution is 7.80. The molecule has 1 saturated heterocycles. The van der Waals surface area contributed by atoms with Gasteiger partial charge in [0.1, 0.15) is 5.75 Å². The van der Waals surface area contributed by atoms with Gasteiger partial charge < -0.3 is 15.0 Å². The number of nitrogens with one attached hydrogen (secondary N) is 1. The van der Waals surface area contributed by atoms with Gasteiger partial charge in [-0.3, -0.25) is 0 Å². The lowest BCUT2D eigenvalue weighted by Gasteiger charge is -2.51. The summed E-state index contributed by atoms with van der Waals surface area (Å²) in [5.74, 6) is 0.962. The molecule has 0 aromatic heterocycles. The van der Waals surface area contributed by atoms with E-state index in [9.17, 15) is 0 Å². The molecule has 1 fully saturated rings. The van der Waals surface area contributed by atoms with E-state index >= 15 is 0 Å². The third-order valence-electron chi connectivity index (χ3n) is 4.50. The highest BCUT2D eigenvalue weighted by Crippen LogP contribution is 2.46. The maximum Gasteiger partial charge on any atom is 0.183 e. The van der Waals surface area contributed by atoms with Crippen molar-refractivity contribution in [2.45, 2.75) is 25.1 Å². The van der Waals surface area contributed by atoms with Gasteiger partial charge in [-0.25, -0.2) is 0 Å². The van der Waals surface area contributed by atoms with Crippen LogP contribution in [-0.4, -0.2) is 22.8 Å². The van der Waals surface area contributed by atoms with E-state index in [0.29, 0.717) is 0 Å². The van der Waals surface area contributed by atoms with Crippen LogP contribution in [-0.2, 0) is 0 Å². The van der Waals surface area contributed by atoms with Crippen molar-refractivity contribution in [3.8, 4) is 5.75 Å². The van der Waals surface area contributed by atoms with Crippen LogP contribution in [0.2, 0.25) is 0 Å². The predicted octanol–water partition coefficient (Wildman–Crippen LogP) is 3.20. The first-order valence-corrected chi connectivity index (χ1v) is 7.24. The number of hydrogen-bond donors (Lipinski definition) is 1. The smallest absolute Gasteiger partial charge is 0.183 e. The van der Waals surface area contributed by atoms with Gasteiger partial charge in [0.05, 0.1) is 6.04 Å². The average molecular weight is 284 g/mol. The zero-order valence-electron chi connectivity index (χ0n) is 11.5. The molecule has 3 nitrogen and oxygen atoms in total. The summed E-state index contributed by atoms with van der Waals surface area (Å²) in [5.41, 5.74) is 0.874. The van der Waals surface area contributed by atoms with Crippen LogP contribution in [0.3, 0.4) is 0 Å². The average Bonchev–Trinajstić information content (AvgIpc) is 2.44. The van der Waals surface area contributed by atoms with Crippen LogP contribution in [0, 0.1) is 0 Å². The number of ether oxygens (including phenoxy) is 1. The van der Waals surface area contributed by atoms with Crippen LogP contribution in [0.4, 0.5) is 0 Å². The Bertz CT molecular complexity index is 729. The molecule has 0 amide bonds. The Labute approximate surface area is 123 Å². The van der Waals surface area contributed by atoms with Crippen molar-refractivity contribution < 1.29 is 4.74 Å². The molecule has 2 atom stereocenters. The summed E-state index contributed by atoms with van der Waals surface area (Å²) in [5, 5.41) is 6.69. The molecule has 0 saturated carbocycles. The van der Waals surface area contributed by atoms with Gasteiger partial charge in [0.15, 0.2) is 10.8 Å². The molecule has 0 spiro atoms. The number of hydrogen-bond acceptors (Lipinski definition) is 2. The van der Waals surface area contributed by atoms with Crippen LogP contribution in [0.15, 0.2) is 36.4 Å². The molecule has 4 heteroatoms. The number of fused-ring (bicyclic) bond motifs is 6. The molecule has 4 rings (SSSR count). The second-order valence-electron chi connectivity index (χ2n) is 5.74. The molecule has 102 valence electrons. The van der Waals surface area contributed by atoms with E-state index in [-0.39, 0.29) is 11.8 Å². The third-order valence-corrected chi connectivity index (χ3v) is 4.90. The predicted molar refractivity (Wildman–Crippen MR) is 83.8 cm³/mol. The number of rotatable bonds is 0. The lowest BCUT2D eigenvalue weighted by molar-refractivity contribution is -0.0557. The lowest BCUT2D eigenvalue weighted by atomic mass is 9.88. The molecule has 2 aromatic carbocycles. The fourth-order valence-corrected chi connectivity index (χ4v) is 3.61. The van der Waals surface area contributed by atoms with E-state index in [2.05, 4.69) is 48.6 Å². The van der Waals surface area contributed by atoms with Crippen LogP contribution < -0.4 is 10.1 Å². The van der Waals surface area contributed by atoms with E-state index in [1.807, 2.05) is 11.9 Å². The lowest BCUT2D eigenvalue weighted by Crippen LogP contribution is -2.63. The number of benzene rings is 2. The van der Waals surface area contributed by atoms with E-state index in [1.165, 1.54) is 16.3 Å². The minimum Gasteiger partial charge on any atom is -0.468 e. The van der Waals surface area contributed by atoms with E-state index in [0.717, 1.165) is 17.3 Å². The maximum absolute atomic E-state index is 6.28. The van der Waals surface area contributed by atoms with Gasteiger partial charge in [-0.15, -0.1) is 0 Å². The maximum atomic E-state index is 6.28. The van der Waals surface area contributed by atoms with Gasteiger partial charge in [-0.2, -0.15) is 0 Å². The quantitative estimate of drug-likeness (QED) is 0.751. The molecule has 20 heavy (non-hydrogen) atoms. The van der Waals surface area contributed by atoms with Crippen molar-refractivity contribution in [3.63, 3.8) is 0 Å². The summed E-state index contributed by atoms with van der Waals surface area (Å²) in [6.07, 6.45) is 0.893. The van der Waals surface area contributed by atoms with Gasteiger partial charge in [0.2, 0.25) is 0 Å². The van der Waals surface area contributed by atoms with E-state index < -0.39 is 0 Å². The second-order valence-corrected chi connectivity index (χ2v) is 6.13. The Morgan fingerprint density at radius 3 is 2.95 bits per heavy atom. The SMILES string of the molecule is CN1C(=S)NC2CC1(C)Oc1ccc3ccccc3c12.